The largest absolute Gasteiger partial charge is 0.369 e. The Bertz CT molecular complexity index is 997. The Balaban J connectivity index is 1.53. The predicted molar refractivity (Wildman–Crippen MR) is 116 cm³/mol. The third-order valence-corrected chi connectivity index (χ3v) is 8.12. The van der Waals surface area contributed by atoms with Crippen LogP contribution in [0.3, 0.4) is 0 Å². The average molecular weight is 385 g/mol. The van der Waals surface area contributed by atoms with Gasteiger partial charge in [0.1, 0.15) is 0 Å². The van der Waals surface area contributed by atoms with E-state index in [1.165, 1.54) is 36.0 Å². The van der Waals surface area contributed by atoms with Crippen molar-refractivity contribution in [2.24, 2.45) is 11.3 Å². The third-order valence-electron chi connectivity index (χ3n) is 8.12. The zero-order chi connectivity index (χ0) is 19.6. The fraction of sp³-hybridized carbons (Fsp3) is 0.423. The number of hydrogen-bond donors (Lipinski definition) is 0. The zero-order valence-electron chi connectivity index (χ0n) is 17.1. The van der Waals surface area contributed by atoms with Gasteiger partial charge in [-0.2, -0.15) is 0 Å². The molecule has 3 heterocycles. The topological polar surface area (TPSA) is 23.6 Å². The van der Waals surface area contributed by atoms with Crippen molar-refractivity contribution >= 4 is 17.2 Å². The van der Waals surface area contributed by atoms with Crippen LogP contribution in [-0.4, -0.2) is 22.9 Å². The Labute approximate surface area is 173 Å². The van der Waals surface area contributed by atoms with E-state index in [4.69, 9.17) is 0 Å². The van der Waals surface area contributed by atoms with E-state index in [1.807, 2.05) is 0 Å². The quantitative estimate of drug-likeness (QED) is 0.724. The number of hydrogen-bond acceptors (Lipinski definition) is 2. The van der Waals surface area contributed by atoms with Crippen molar-refractivity contribution in [2.75, 3.05) is 4.90 Å². The van der Waals surface area contributed by atoms with Crippen molar-refractivity contribution in [2.45, 2.75) is 57.7 Å². The standard InChI is InChI=1S/C26H28N2O/c1-2-26-14-8-13-22-24(26)25-20(17-27(22)16-18-9-4-3-5-10-18)19-11-6-7-12-21(19)28(25)23(29)15-26/h3-7,9-12,17,22,24-25H,2,8,13-16H2,1H3/t22-,24+,25+,26-/m0/s1. The molecule has 0 N–H and O–H groups in total. The Kier molecular flexibility index (Phi) is 3.72. The van der Waals surface area contributed by atoms with Gasteiger partial charge in [-0.15, -0.1) is 0 Å². The number of nitrogens with zero attached hydrogens (tertiary/aromatic N) is 2. The van der Waals surface area contributed by atoms with Crippen molar-refractivity contribution in [1.82, 2.24) is 4.90 Å². The van der Waals surface area contributed by atoms with Gasteiger partial charge in [-0.25, -0.2) is 0 Å². The highest BCUT2D eigenvalue weighted by Crippen LogP contribution is 2.61. The van der Waals surface area contributed by atoms with E-state index < -0.39 is 0 Å². The lowest BCUT2D eigenvalue weighted by Crippen LogP contribution is -2.64. The fourth-order valence-corrected chi connectivity index (χ4v) is 6.86. The molecule has 148 valence electrons. The van der Waals surface area contributed by atoms with Crippen LogP contribution >= 0.6 is 0 Å². The van der Waals surface area contributed by atoms with E-state index in [-0.39, 0.29) is 11.5 Å². The molecular weight excluding hydrogens is 356 g/mol. The first kappa shape index (κ1) is 17.3. The van der Waals surface area contributed by atoms with Crippen molar-refractivity contribution in [3.8, 4) is 0 Å². The van der Waals surface area contributed by atoms with Gasteiger partial charge in [0.25, 0.3) is 0 Å². The minimum absolute atomic E-state index is 0.150. The molecule has 29 heavy (non-hydrogen) atoms. The summed E-state index contributed by atoms with van der Waals surface area (Å²) in [5.74, 6) is 0.858. The van der Waals surface area contributed by atoms with Gasteiger partial charge in [-0.3, -0.25) is 4.79 Å². The van der Waals surface area contributed by atoms with E-state index in [0.29, 0.717) is 24.3 Å². The van der Waals surface area contributed by atoms with Crippen LogP contribution in [0, 0.1) is 11.3 Å². The van der Waals surface area contributed by atoms with Gasteiger partial charge in [-0.05, 0) is 36.3 Å². The summed E-state index contributed by atoms with van der Waals surface area (Å²) in [6.45, 7) is 3.26. The second-order valence-corrected chi connectivity index (χ2v) is 9.35. The molecule has 4 aliphatic rings. The van der Waals surface area contributed by atoms with Gasteiger partial charge < -0.3 is 9.80 Å². The molecule has 0 aromatic heterocycles. The molecular formula is C26H28N2O. The van der Waals surface area contributed by atoms with Crippen LogP contribution in [0.4, 0.5) is 5.69 Å². The molecule has 6 rings (SSSR count). The van der Waals surface area contributed by atoms with Gasteiger partial charge in [0.2, 0.25) is 5.91 Å². The number of anilines is 1. The molecule has 4 atom stereocenters. The molecule has 2 fully saturated rings. The highest BCUT2D eigenvalue weighted by atomic mass is 16.2. The summed E-state index contributed by atoms with van der Waals surface area (Å²) in [7, 11) is 0. The van der Waals surface area contributed by atoms with E-state index in [0.717, 1.165) is 18.7 Å². The first-order valence-electron chi connectivity index (χ1n) is 11.1. The van der Waals surface area contributed by atoms with Crippen LogP contribution in [0.1, 0.15) is 50.2 Å². The number of fused-ring (bicyclic) bond motifs is 3. The van der Waals surface area contributed by atoms with Gasteiger partial charge in [0, 0.05) is 42.3 Å². The van der Waals surface area contributed by atoms with E-state index in [1.54, 1.807) is 0 Å². The predicted octanol–water partition coefficient (Wildman–Crippen LogP) is 5.23. The van der Waals surface area contributed by atoms with Crippen molar-refractivity contribution < 1.29 is 4.79 Å². The summed E-state index contributed by atoms with van der Waals surface area (Å²) < 4.78 is 0. The Morgan fingerprint density at radius 3 is 2.69 bits per heavy atom. The second kappa shape index (κ2) is 6.22. The van der Waals surface area contributed by atoms with Crippen LogP contribution in [0.15, 0.2) is 60.8 Å². The lowest BCUT2D eigenvalue weighted by Gasteiger charge is -2.59. The number of carbonyl (C=O) groups excluding carboxylic acids is 1. The van der Waals surface area contributed by atoms with Crippen molar-refractivity contribution in [3.05, 3.63) is 71.9 Å². The highest BCUT2D eigenvalue weighted by Gasteiger charge is 2.61. The lowest BCUT2D eigenvalue weighted by molar-refractivity contribution is -0.130. The number of carbonyl (C=O) groups is 1. The minimum atomic E-state index is 0.150. The fourth-order valence-electron chi connectivity index (χ4n) is 6.86. The molecule has 1 saturated carbocycles. The van der Waals surface area contributed by atoms with Crippen LogP contribution in [0.2, 0.25) is 0 Å². The zero-order valence-corrected chi connectivity index (χ0v) is 17.1. The monoisotopic (exact) mass is 384 g/mol. The van der Waals surface area contributed by atoms with Crippen LogP contribution in [0.25, 0.3) is 5.57 Å². The number of benzene rings is 2. The van der Waals surface area contributed by atoms with Crippen LogP contribution < -0.4 is 4.90 Å². The summed E-state index contributed by atoms with van der Waals surface area (Å²) in [5.41, 5.74) is 5.28. The summed E-state index contributed by atoms with van der Waals surface area (Å²) >= 11 is 0. The van der Waals surface area contributed by atoms with Gasteiger partial charge in [0.15, 0.2) is 0 Å². The number of piperidine rings is 1. The molecule has 2 aromatic rings. The molecule has 1 saturated heterocycles. The highest BCUT2D eigenvalue weighted by molar-refractivity contribution is 6.06. The smallest absolute Gasteiger partial charge is 0.228 e. The molecule has 3 aliphatic heterocycles. The Morgan fingerprint density at radius 1 is 1.07 bits per heavy atom. The van der Waals surface area contributed by atoms with Crippen LogP contribution in [-0.2, 0) is 11.3 Å². The molecule has 3 heteroatoms. The minimum Gasteiger partial charge on any atom is -0.369 e. The van der Waals surface area contributed by atoms with Gasteiger partial charge in [-0.1, -0.05) is 61.9 Å². The summed E-state index contributed by atoms with van der Waals surface area (Å²) in [4.78, 5) is 18.2. The summed E-state index contributed by atoms with van der Waals surface area (Å²) in [6, 6.07) is 20.1. The molecule has 0 spiro atoms. The van der Waals surface area contributed by atoms with Gasteiger partial charge in [0.05, 0.1) is 11.7 Å². The van der Waals surface area contributed by atoms with Crippen molar-refractivity contribution in [3.63, 3.8) is 0 Å². The Morgan fingerprint density at radius 2 is 1.86 bits per heavy atom. The molecule has 0 radical (unpaired) electrons. The molecule has 0 unspecified atom stereocenters. The maximum atomic E-state index is 13.4. The van der Waals surface area contributed by atoms with Crippen molar-refractivity contribution in [1.29, 1.82) is 0 Å². The first-order chi connectivity index (χ1) is 14.2. The third kappa shape index (κ3) is 2.33. The molecule has 1 amide bonds. The molecule has 0 bridgehead atoms. The first-order valence-corrected chi connectivity index (χ1v) is 11.1. The van der Waals surface area contributed by atoms with E-state index in [9.17, 15) is 4.79 Å². The van der Waals surface area contributed by atoms with E-state index >= 15 is 0 Å². The summed E-state index contributed by atoms with van der Waals surface area (Å²) in [5, 5.41) is 0. The normalized spacial score (nSPS) is 32.0. The van der Waals surface area contributed by atoms with Gasteiger partial charge >= 0.3 is 0 Å². The number of amides is 1. The summed E-state index contributed by atoms with van der Waals surface area (Å²) in [6.07, 6.45) is 7.88. The van der Waals surface area contributed by atoms with E-state index in [2.05, 4.69) is 77.5 Å². The average Bonchev–Trinajstić information content (AvgIpc) is 3.09. The Hall–Kier alpha value is -2.55. The maximum Gasteiger partial charge on any atom is 0.228 e. The molecule has 3 nitrogen and oxygen atoms in total. The second-order valence-electron chi connectivity index (χ2n) is 9.35. The maximum absolute atomic E-state index is 13.4. The molecule has 2 aromatic carbocycles. The van der Waals surface area contributed by atoms with Crippen LogP contribution in [0.5, 0.6) is 0 Å². The lowest BCUT2D eigenvalue weighted by atomic mass is 9.55. The number of rotatable bonds is 3. The molecule has 1 aliphatic carbocycles. The SMILES string of the molecule is CC[C@@]12CCC[C@H]3[C@@H]1[C@H]1C(=CN3Cc3ccccc3)c3ccccc3N1C(=O)C2. The number of para-hydroxylation sites is 1.